The zero-order valence-corrected chi connectivity index (χ0v) is 8.70. The van der Waals surface area contributed by atoms with Gasteiger partial charge in [-0.1, -0.05) is 12.1 Å². The topological polar surface area (TPSA) is 53.9 Å². The summed E-state index contributed by atoms with van der Waals surface area (Å²) in [6.07, 6.45) is 0.222. The molecule has 0 spiro atoms. The molecule has 82 valence electrons. The Morgan fingerprint density at radius 1 is 1.47 bits per heavy atom. The van der Waals surface area contributed by atoms with Crippen molar-refractivity contribution in [2.24, 2.45) is 0 Å². The van der Waals surface area contributed by atoms with E-state index in [1.807, 2.05) is 0 Å². The van der Waals surface area contributed by atoms with Gasteiger partial charge in [0.05, 0.1) is 6.61 Å². The van der Waals surface area contributed by atoms with Crippen molar-refractivity contribution in [3.05, 3.63) is 35.6 Å². The van der Waals surface area contributed by atoms with E-state index >= 15 is 0 Å². The number of ether oxygens (including phenoxy) is 1. The van der Waals surface area contributed by atoms with Crippen LogP contribution in [-0.2, 0) is 9.53 Å². The third-order valence-electron chi connectivity index (χ3n) is 2.06. The number of carbonyl (C=O) groups is 1. The summed E-state index contributed by atoms with van der Waals surface area (Å²) >= 11 is 0. The fraction of sp³-hybridized carbons (Fsp3) is 0.364. The zero-order valence-electron chi connectivity index (χ0n) is 8.70. The first-order valence-corrected chi connectivity index (χ1v) is 4.87. The summed E-state index contributed by atoms with van der Waals surface area (Å²) in [5, 5.41) is 0. The molecule has 0 bridgehead atoms. The maximum Gasteiger partial charge on any atom is 0.312 e. The van der Waals surface area contributed by atoms with Gasteiger partial charge in [0, 0.05) is 5.56 Å². The Morgan fingerprint density at radius 3 is 2.60 bits per heavy atom. The molecule has 3 nitrogen and oxygen atoms in total. The molecule has 1 aromatic carbocycles. The van der Waals surface area contributed by atoms with Crippen LogP contribution >= 0.6 is 0 Å². The van der Waals surface area contributed by atoms with Crippen molar-refractivity contribution in [1.82, 2.24) is 0 Å². The normalized spacial score (nSPS) is 12.2. The molecule has 0 saturated heterocycles. The molecule has 0 amide bonds. The van der Waals surface area contributed by atoms with Gasteiger partial charge in [-0.2, -0.15) is 0 Å². The van der Waals surface area contributed by atoms with Crippen LogP contribution in [0.25, 0.3) is 0 Å². The number of esters is 1. The Bertz CT molecular complexity index is 324. The maximum absolute atomic E-state index is 12.6. The highest BCUT2D eigenvalue weighted by Gasteiger charge is 2.15. The monoisotopic (exact) mass is 212 g/mol. The largest absolute Gasteiger partial charge is 0.466 e. The predicted molar refractivity (Wildman–Crippen MR) is 53.3 cm³/mol. The Morgan fingerprint density at radius 2 is 2.07 bits per heavy atom. The van der Waals surface area contributed by atoms with E-state index in [4.69, 9.17) is 4.74 Å². The molecule has 0 aromatic heterocycles. The third-order valence-corrected chi connectivity index (χ3v) is 2.06. The Labute approximate surface area is 88.0 Å². The Balaban J connectivity index is 2.57. The average molecular weight is 212 g/mol. The van der Waals surface area contributed by atoms with Crippen molar-refractivity contribution >= 4 is 5.97 Å². The van der Waals surface area contributed by atoms with Gasteiger partial charge in [0.1, 0.15) is 18.3 Å². The Hall–Kier alpha value is -1.42. The lowest BCUT2D eigenvalue weighted by Crippen LogP contribution is -2.54. The minimum Gasteiger partial charge on any atom is -0.466 e. The van der Waals surface area contributed by atoms with Gasteiger partial charge < -0.3 is 10.5 Å². The molecular formula is C11H15FNO2+. The average Bonchev–Trinajstić information content (AvgIpc) is 2.18. The molecule has 0 heterocycles. The summed E-state index contributed by atoms with van der Waals surface area (Å²) in [5.74, 6) is -0.566. The van der Waals surface area contributed by atoms with E-state index in [1.165, 1.54) is 12.1 Å². The van der Waals surface area contributed by atoms with Gasteiger partial charge in [-0.25, -0.2) is 4.39 Å². The number of halogens is 1. The summed E-state index contributed by atoms with van der Waals surface area (Å²) in [6, 6.07) is 5.79. The minimum absolute atomic E-state index is 0.190. The van der Waals surface area contributed by atoms with Crippen LogP contribution in [0.2, 0.25) is 0 Å². The summed E-state index contributed by atoms with van der Waals surface area (Å²) < 4.78 is 17.4. The fourth-order valence-corrected chi connectivity index (χ4v) is 1.27. The maximum atomic E-state index is 12.6. The van der Waals surface area contributed by atoms with Gasteiger partial charge in [0.2, 0.25) is 0 Å². The summed E-state index contributed by atoms with van der Waals surface area (Å²) in [5.41, 5.74) is 4.67. The van der Waals surface area contributed by atoms with Crippen molar-refractivity contribution in [2.45, 2.75) is 19.4 Å². The first-order valence-electron chi connectivity index (χ1n) is 4.87. The van der Waals surface area contributed by atoms with Crippen molar-refractivity contribution in [3.8, 4) is 0 Å². The summed E-state index contributed by atoms with van der Waals surface area (Å²) in [6.45, 7) is 2.13. The SMILES string of the molecule is CCOC(=O)C[C@@H]([NH3+])c1ccc(F)cc1. The second-order valence-electron chi connectivity index (χ2n) is 3.26. The number of carbonyl (C=O) groups excluding carboxylic acids is 1. The second-order valence-corrected chi connectivity index (χ2v) is 3.26. The van der Waals surface area contributed by atoms with E-state index in [2.05, 4.69) is 5.73 Å². The van der Waals surface area contributed by atoms with Crippen LogP contribution in [0.3, 0.4) is 0 Å². The lowest BCUT2D eigenvalue weighted by atomic mass is 10.1. The minimum atomic E-state index is -0.290. The van der Waals surface area contributed by atoms with E-state index in [0.29, 0.717) is 6.61 Å². The standard InChI is InChI=1S/C11H14FNO2/c1-2-15-11(14)7-10(13)8-3-5-9(12)6-4-8/h3-6,10H,2,7,13H2,1H3/p+1/t10-/m1/s1. The van der Waals surface area contributed by atoms with Crippen molar-refractivity contribution in [3.63, 3.8) is 0 Å². The van der Waals surface area contributed by atoms with Crippen LogP contribution in [0.4, 0.5) is 4.39 Å². The molecule has 0 saturated carbocycles. The van der Waals surface area contributed by atoms with E-state index in [0.717, 1.165) is 5.56 Å². The highest BCUT2D eigenvalue weighted by Crippen LogP contribution is 2.13. The molecule has 1 atom stereocenters. The van der Waals surface area contributed by atoms with E-state index < -0.39 is 0 Å². The first kappa shape index (κ1) is 11.7. The lowest BCUT2D eigenvalue weighted by Gasteiger charge is -2.07. The second kappa shape index (κ2) is 5.46. The molecule has 0 radical (unpaired) electrons. The van der Waals surface area contributed by atoms with Crippen LogP contribution < -0.4 is 5.73 Å². The Kier molecular flexibility index (Phi) is 4.24. The number of quaternary nitrogens is 1. The lowest BCUT2D eigenvalue weighted by molar-refractivity contribution is -0.425. The van der Waals surface area contributed by atoms with Gasteiger partial charge in [0.15, 0.2) is 0 Å². The van der Waals surface area contributed by atoms with Crippen LogP contribution in [0.1, 0.15) is 24.9 Å². The molecule has 0 fully saturated rings. The van der Waals surface area contributed by atoms with Gasteiger partial charge in [0.25, 0.3) is 0 Å². The molecule has 0 aliphatic heterocycles. The van der Waals surface area contributed by atoms with E-state index in [-0.39, 0.29) is 24.2 Å². The zero-order chi connectivity index (χ0) is 11.3. The molecule has 4 heteroatoms. The number of hydrogen-bond acceptors (Lipinski definition) is 2. The van der Waals surface area contributed by atoms with Crippen molar-refractivity contribution in [2.75, 3.05) is 6.61 Å². The smallest absolute Gasteiger partial charge is 0.312 e. The van der Waals surface area contributed by atoms with Gasteiger partial charge in [-0.3, -0.25) is 4.79 Å². The van der Waals surface area contributed by atoms with Crippen LogP contribution in [0.5, 0.6) is 0 Å². The molecule has 15 heavy (non-hydrogen) atoms. The molecular weight excluding hydrogens is 197 g/mol. The molecule has 1 aromatic rings. The number of benzene rings is 1. The molecule has 1 rings (SSSR count). The van der Waals surface area contributed by atoms with Crippen molar-refractivity contribution < 1.29 is 19.7 Å². The van der Waals surface area contributed by atoms with Gasteiger partial charge in [-0.05, 0) is 19.1 Å². The molecule has 3 N–H and O–H groups in total. The van der Waals surface area contributed by atoms with E-state index in [1.54, 1.807) is 19.1 Å². The first-order chi connectivity index (χ1) is 7.13. The third kappa shape index (κ3) is 3.67. The van der Waals surface area contributed by atoms with Crippen LogP contribution in [0.15, 0.2) is 24.3 Å². The molecule has 0 aliphatic rings. The van der Waals surface area contributed by atoms with Crippen molar-refractivity contribution in [1.29, 1.82) is 0 Å². The predicted octanol–water partition coefficient (Wildman–Crippen LogP) is 1.06. The van der Waals surface area contributed by atoms with Gasteiger partial charge in [-0.15, -0.1) is 0 Å². The highest BCUT2D eigenvalue weighted by molar-refractivity contribution is 5.70. The van der Waals surface area contributed by atoms with E-state index in [9.17, 15) is 9.18 Å². The van der Waals surface area contributed by atoms with Crippen LogP contribution in [-0.4, -0.2) is 12.6 Å². The molecule has 0 aliphatic carbocycles. The summed E-state index contributed by atoms with van der Waals surface area (Å²) in [4.78, 5) is 11.2. The van der Waals surface area contributed by atoms with Crippen LogP contribution in [0, 0.1) is 5.82 Å². The van der Waals surface area contributed by atoms with Gasteiger partial charge >= 0.3 is 5.97 Å². The summed E-state index contributed by atoms with van der Waals surface area (Å²) in [7, 11) is 0. The number of rotatable bonds is 4. The quantitative estimate of drug-likeness (QED) is 0.759. The number of hydrogen-bond donors (Lipinski definition) is 1. The highest BCUT2D eigenvalue weighted by atomic mass is 19.1. The molecule has 0 unspecified atom stereocenters. The fourth-order valence-electron chi connectivity index (χ4n) is 1.27.